The Kier molecular flexibility index (Phi) is 5.83. The van der Waals surface area contributed by atoms with Gasteiger partial charge in [0.2, 0.25) is 0 Å². The first-order valence-corrected chi connectivity index (χ1v) is 8.82. The predicted octanol–water partition coefficient (Wildman–Crippen LogP) is 2.23. The molecule has 6 heteroatoms. The lowest BCUT2D eigenvalue weighted by molar-refractivity contribution is 0.0816. The molecule has 1 aliphatic rings. The Bertz CT molecular complexity index is 688. The van der Waals surface area contributed by atoms with Gasteiger partial charge in [-0.1, -0.05) is 29.8 Å². The molecule has 1 aliphatic heterocycles. The first-order chi connectivity index (χ1) is 12.1. The Hall–Kier alpha value is -2.18. The largest absolute Gasteiger partial charge is 0.443 e. The lowest BCUT2D eigenvalue weighted by atomic mass is 10.1. The number of carbonyl (C=O) groups is 1. The molecule has 0 saturated carbocycles. The molecule has 1 fully saturated rings. The van der Waals surface area contributed by atoms with Crippen molar-refractivity contribution in [3.8, 4) is 11.3 Å². The van der Waals surface area contributed by atoms with Gasteiger partial charge in [0.1, 0.15) is 0 Å². The average Bonchev–Trinajstić information content (AvgIpc) is 3.10. The highest BCUT2D eigenvalue weighted by atomic mass is 16.3. The highest BCUT2D eigenvalue weighted by Gasteiger charge is 2.19. The maximum Gasteiger partial charge on any atom is 0.273 e. The zero-order chi connectivity index (χ0) is 17.6. The van der Waals surface area contributed by atoms with Gasteiger partial charge in [-0.15, -0.1) is 0 Å². The molecule has 0 radical (unpaired) electrons. The molecule has 2 N–H and O–H groups in total. The van der Waals surface area contributed by atoms with Crippen molar-refractivity contribution in [1.29, 1.82) is 0 Å². The molecular weight excluding hydrogens is 318 g/mol. The van der Waals surface area contributed by atoms with E-state index in [1.165, 1.54) is 6.39 Å². The molecule has 1 aromatic carbocycles. The quantitative estimate of drug-likeness (QED) is 0.787. The van der Waals surface area contributed by atoms with Gasteiger partial charge in [0.25, 0.3) is 5.91 Å². The van der Waals surface area contributed by atoms with Gasteiger partial charge < -0.3 is 19.7 Å². The third kappa shape index (κ3) is 4.67. The first kappa shape index (κ1) is 17.6. The zero-order valence-corrected chi connectivity index (χ0v) is 14.6. The summed E-state index contributed by atoms with van der Waals surface area (Å²) in [5.41, 5.74) is 2.32. The van der Waals surface area contributed by atoms with E-state index in [1.807, 2.05) is 31.2 Å². The molecular formula is C19H25N3O3. The highest BCUT2D eigenvalue weighted by molar-refractivity contribution is 5.97. The molecule has 0 aliphatic carbocycles. The van der Waals surface area contributed by atoms with Crippen LogP contribution in [0.4, 0.5) is 0 Å². The van der Waals surface area contributed by atoms with E-state index in [2.05, 4.69) is 15.2 Å². The minimum Gasteiger partial charge on any atom is -0.443 e. The number of likely N-dealkylation sites (tertiary alicyclic amines) is 1. The number of nitrogens with zero attached hydrogens (tertiary/aromatic N) is 2. The summed E-state index contributed by atoms with van der Waals surface area (Å²) in [4.78, 5) is 18.8. The normalized spacial score (nSPS) is 16.1. The van der Waals surface area contributed by atoms with E-state index >= 15 is 0 Å². The van der Waals surface area contributed by atoms with Gasteiger partial charge in [-0.3, -0.25) is 4.79 Å². The highest BCUT2D eigenvalue weighted by Crippen LogP contribution is 2.23. The van der Waals surface area contributed by atoms with Crippen molar-refractivity contribution in [2.75, 3.05) is 26.2 Å². The fourth-order valence-corrected chi connectivity index (χ4v) is 3.05. The van der Waals surface area contributed by atoms with Gasteiger partial charge in [-0.05, 0) is 32.7 Å². The maximum absolute atomic E-state index is 12.4. The fourth-order valence-electron chi connectivity index (χ4n) is 3.05. The topological polar surface area (TPSA) is 78.6 Å². The van der Waals surface area contributed by atoms with Crippen LogP contribution in [-0.2, 0) is 0 Å². The number of hydrogen-bond acceptors (Lipinski definition) is 5. The summed E-state index contributed by atoms with van der Waals surface area (Å²) >= 11 is 0. The van der Waals surface area contributed by atoms with Crippen LogP contribution in [0.3, 0.4) is 0 Å². The van der Waals surface area contributed by atoms with Crippen LogP contribution >= 0.6 is 0 Å². The fraction of sp³-hybridized carbons (Fsp3) is 0.474. The number of carbonyl (C=O) groups excluding carboxylic acids is 1. The Morgan fingerprint density at radius 3 is 2.76 bits per heavy atom. The van der Waals surface area contributed by atoms with Gasteiger partial charge in [0.15, 0.2) is 17.8 Å². The standard InChI is InChI=1S/C19H25N3O3/c1-14-3-5-15(6-4-14)18-17(21-13-25-18)19(24)20-9-2-10-22-11-7-16(23)8-12-22/h3-6,13,16,23H,2,7-12H2,1H3,(H,20,24). The molecule has 0 atom stereocenters. The van der Waals surface area contributed by atoms with Crippen LogP contribution in [0.25, 0.3) is 11.3 Å². The molecule has 1 amide bonds. The molecule has 25 heavy (non-hydrogen) atoms. The van der Waals surface area contributed by atoms with E-state index in [9.17, 15) is 9.90 Å². The molecule has 0 bridgehead atoms. The number of hydrogen-bond donors (Lipinski definition) is 2. The van der Waals surface area contributed by atoms with Crippen molar-refractivity contribution in [1.82, 2.24) is 15.2 Å². The third-order valence-corrected chi connectivity index (χ3v) is 4.59. The van der Waals surface area contributed by atoms with E-state index in [0.29, 0.717) is 18.0 Å². The van der Waals surface area contributed by atoms with Gasteiger partial charge in [-0.25, -0.2) is 4.98 Å². The van der Waals surface area contributed by atoms with Crippen LogP contribution in [0.5, 0.6) is 0 Å². The van der Waals surface area contributed by atoms with Crippen molar-refractivity contribution in [3.05, 3.63) is 41.9 Å². The second-order valence-electron chi connectivity index (χ2n) is 6.58. The summed E-state index contributed by atoms with van der Waals surface area (Å²) in [6, 6.07) is 7.82. The summed E-state index contributed by atoms with van der Waals surface area (Å²) in [7, 11) is 0. The minimum absolute atomic E-state index is 0.150. The summed E-state index contributed by atoms with van der Waals surface area (Å²) in [5.74, 6) is 0.293. The second-order valence-corrected chi connectivity index (χ2v) is 6.58. The summed E-state index contributed by atoms with van der Waals surface area (Å²) in [6.07, 6.45) is 3.71. The number of amides is 1. The number of aromatic nitrogens is 1. The van der Waals surface area contributed by atoms with Crippen LogP contribution in [0.2, 0.25) is 0 Å². The molecule has 0 spiro atoms. The summed E-state index contributed by atoms with van der Waals surface area (Å²) < 4.78 is 5.42. The number of rotatable bonds is 6. The average molecular weight is 343 g/mol. The molecule has 134 valence electrons. The van der Waals surface area contributed by atoms with Gasteiger partial charge in [-0.2, -0.15) is 0 Å². The number of oxazole rings is 1. The molecule has 2 heterocycles. The number of aliphatic hydroxyl groups excluding tert-OH is 1. The van der Waals surface area contributed by atoms with Crippen LogP contribution in [0, 0.1) is 6.92 Å². The maximum atomic E-state index is 12.4. The van der Waals surface area contributed by atoms with Crippen LogP contribution < -0.4 is 5.32 Å². The molecule has 3 rings (SSSR count). The van der Waals surface area contributed by atoms with Gasteiger partial charge in [0, 0.05) is 25.2 Å². The monoisotopic (exact) mass is 343 g/mol. The van der Waals surface area contributed by atoms with Crippen molar-refractivity contribution in [3.63, 3.8) is 0 Å². The number of aryl methyl sites for hydroxylation is 1. The third-order valence-electron chi connectivity index (χ3n) is 4.59. The lowest BCUT2D eigenvalue weighted by Crippen LogP contribution is -2.37. The van der Waals surface area contributed by atoms with E-state index < -0.39 is 0 Å². The van der Waals surface area contributed by atoms with Crippen LogP contribution in [0.1, 0.15) is 35.3 Å². The Morgan fingerprint density at radius 1 is 1.32 bits per heavy atom. The number of nitrogens with one attached hydrogen (secondary N) is 1. The van der Waals surface area contributed by atoms with Crippen molar-refractivity contribution < 1.29 is 14.3 Å². The van der Waals surface area contributed by atoms with Crippen LogP contribution in [0.15, 0.2) is 35.1 Å². The molecule has 1 aromatic heterocycles. The van der Waals surface area contributed by atoms with E-state index in [0.717, 1.165) is 50.0 Å². The van der Waals surface area contributed by atoms with Gasteiger partial charge in [0.05, 0.1) is 6.10 Å². The lowest BCUT2D eigenvalue weighted by Gasteiger charge is -2.29. The molecule has 0 unspecified atom stereocenters. The Morgan fingerprint density at radius 2 is 2.04 bits per heavy atom. The second kappa shape index (κ2) is 8.27. The van der Waals surface area contributed by atoms with Crippen molar-refractivity contribution in [2.45, 2.75) is 32.3 Å². The molecule has 6 nitrogen and oxygen atoms in total. The predicted molar refractivity (Wildman–Crippen MR) is 95.3 cm³/mol. The molecule has 2 aromatic rings. The van der Waals surface area contributed by atoms with Crippen LogP contribution in [-0.4, -0.2) is 53.2 Å². The minimum atomic E-state index is -0.210. The molecule has 1 saturated heterocycles. The summed E-state index contributed by atoms with van der Waals surface area (Å²) in [6.45, 7) is 5.39. The van der Waals surface area contributed by atoms with Crippen molar-refractivity contribution >= 4 is 5.91 Å². The number of benzene rings is 1. The zero-order valence-electron chi connectivity index (χ0n) is 14.6. The van der Waals surface area contributed by atoms with Gasteiger partial charge >= 0.3 is 0 Å². The number of aliphatic hydroxyl groups is 1. The van der Waals surface area contributed by atoms with E-state index in [1.54, 1.807) is 0 Å². The van der Waals surface area contributed by atoms with Crippen molar-refractivity contribution in [2.24, 2.45) is 0 Å². The number of piperidine rings is 1. The summed E-state index contributed by atoms with van der Waals surface area (Å²) in [5, 5.41) is 12.4. The first-order valence-electron chi connectivity index (χ1n) is 8.82. The Balaban J connectivity index is 1.49. The smallest absolute Gasteiger partial charge is 0.273 e. The SMILES string of the molecule is Cc1ccc(-c2ocnc2C(=O)NCCCN2CCC(O)CC2)cc1. The Labute approximate surface area is 147 Å². The van der Waals surface area contributed by atoms with E-state index in [4.69, 9.17) is 4.42 Å². The van der Waals surface area contributed by atoms with E-state index in [-0.39, 0.29) is 12.0 Å².